The van der Waals surface area contributed by atoms with Gasteiger partial charge in [-0.3, -0.25) is 5.41 Å². The second kappa shape index (κ2) is 6.94. The van der Waals surface area contributed by atoms with E-state index in [1.165, 1.54) is 16.5 Å². The third-order valence-corrected chi connectivity index (χ3v) is 3.61. The number of unbranched alkanes of at least 4 members (excludes halogenated alkanes) is 1. The van der Waals surface area contributed by atoms with Crippen LogP contribution in [-0.2, 0) is 0 Å². The first-order valence-electron chi connectivity index (χ1n) is 7.28. The Balaban J connectivity index is 2.11. The van der Waals surface area contributed by atoms with E-state index in [1.54, 1.807) is 0 Å². The number of nitrogens with one attached hydrogen (secondary N) is 1. The zero-order valence-electron chi connectivity index (χ0n) is 12.1. The second-order valence-electron chi connectivity index (χ2n) is 5.06. The SMILES string of the molecule is CCN(CCCCC(=N)N)c1cccc2ccccc12. The average Bonchev–Trinajstić information content (AvgIpc) is 2.47. The lowest BCUT2D eigenvalue weighted by Gasteiger charge is -2.24. The molecule has 0 bridgehead atoms. The van der Waals surface area contributed by atoms with Crippen LogP contribution in [0.1, 0.15) is 26.2 Å². The Morgan fingerprint density at radius 1 is 1.10 bits per heavy atom. The summed E-state index contributed by atoms with van der Waals surface area (Å²) in [6.45, 7) is 4.19. The number of amidine groups is 1. The highest BCUT2D eigenvalue weighted by molar-refractivity contribution is 5.94. The van der Waals surface area contributed by atoms with Crippen molar-refractivity contribution < 1.29 is 0 Å². The summed E-state index contributed by atoms with van der Waals surface area (Å²) in [7, 11) is 0. The van der Waals surface area contributed by atoms with Crippen molar-refractivity contribution in [1.82, 2.24) is 0 Å². The van der Waals surface area contributed by atoms with E-state index in [0.717, 1.165) is 25.9 Å². The number of benzene rings is 2. The third kappa shape index (κ3) is 3.50. The molecule has 106 valence electrons. The maximum absolute atomic E-state index is 7.26. The summed E-state index contributed by atoms with van der Waals surface area (Å²) in [5.41, 5.74) is 6.70. The molecule has 2 aromatic rings. The van der Waals surface area contributed by atoms with E-state index in [4.69, 9.17) is 11.1 Å². The average molecular weight is 269 g/mol. The van der Waals surface area contributed by atoms with Crippen LogP contribution < -0.4 is 10.6 Å². The van der Waals surface area contributed by atoms with Gasteiger partial charge in [-0.2, -0.15) is 0 Å². The lowest BCUT2D eigenvalue weighted by Crippen LogP contribution is -2.24. The summed E-state index contributed by atoms with van der Waals surface area (Å²) in [4.78, 5) is 2.41. The van der Waals surface area contributed by atoms with Crippen LogP contribution in [0.2, 0.25) is 0 Å². The number of hydrogen-bond acceptors (Lipinski definition) is 2. The molecular formula is C17H23N3. The summed E-state index contributed by atoms with van der Waals surface area (Å²) in [5, 5.41) is 9.85. The second-order valence-corrected chi connectivity index (χ2v) is 5.06. The highest BCUT2D eigenvalue weighted by atomic mass is 15.1. The van der Waals surface area contributed by atoms with Crippen LogP contribution in [0.3, 0.4) is 0 Å². The molecule has 0 aliphatic rings. The van der Waals surface area contributed by atoms with Crippen molar-refractivity contribution in [3.05, 3.63) is 42.5 Å². The highest BCUT2D eigenvalue weighted by Gasteiger charge is 2.07. The van der Waals surface area contributed by atoms with Crippen molar-refractivity contribution in [2.24, 2.45) is 5.73 Å². The molecule has 0 heterocycles. The van der Waals surface area contributed by atoms with E-state index in [0.29, 0.717) is 12.3 Å². The lowest BCUT2D eigenvalue weighted by molar-refractivity contribution is 0.712. The van der Waals surface area contributed by atoms with Gasteiger partial charge in [0.2, 0.25) is 0 Å². The molecule has 0 aliphatic heterocycles. The molecule has 0 saturated carbocycles. The molecule has 0 unspecified atom stereocenters. The van der Waals surface area contributed by atoms with Crippen LogP contribution in [0.25, 0.3) is 10.8 Å². The molecule has 0 aliphatic carbocycles. The fourth-order valence-corrected chi connectivity index (χ4v) is 2.55. The maximum Gasteiger partial charge on any atom is 0.0905 e. The van der Waals surface area contributed by atoms with Gasteiger partial charge in [-0.05, 0) is 31.2 Å². The van der Waals surface area contributed by atoms with Gasteiger partial charge in [0.15, 0.2) is 0 Å². The van der Waals surface area contributed by atoms with Crippen molar-refractivity contribution in [3.8, 4) is 0 Å². The molecular weight excluding hydrogens is 246 g/mol. The molecule has 2 aromatic carbocycles. The molecule has 3 N–H and O–H groups in total. The van der Waals surface area contributed by atoms with Gasteiger partial charge in [0.25, 0.3) is 0 Å². The Labute approximate surface area is 120 Å². The molecule has 0 spiro atoms. The molecule has 0 aromatic heterocycles. The Morgan fingerprint density at radius 2 is 1.85 bits per heavy atom. The normalized spacial score (nSPS) is 10.7. The van der Waals surface area contributed by atoms with E-state index >= 15 is 0 Å². The van der Waals surface area contributed by atoms with Crippen LogP contribution in [0.5, 0.6) is 0 Å². The first-order chi connectivity index (χ1) is 9.72. The van der Waals surface area contributed by atoms with Crippen LogP contribution in [0.15, 0.2) is 42.5 Å². The summed E-state index contributed by atoms with van der Waals surface area (Å²) in [6.07, 6.45) is 2.75. The van der Waals surface area contributed by atoms with Crippen LogP contribution in [0.4, 0.5) is 5.69 Å². The monoisotopic (exact) mass is 269 g/mol. The lowest BCUT2D eigenvalue weighted by atomic mass is 10.1. The van der Waals surface area contributed by atoms with Gasteiger partial charge in [0, 0.05) is 30.6 Å². The van der Waals surface area contributed by atoms with Gasteiger partial charge in [0.1, 0.15) is 0 Å². The minimum Gasteiger partial charge on any atom is -0.388 e. The molecule has 20 heavy (non-hydrogen) atoms. The number of anilines is 1. The van der Waals surface area contributed by atoms with E-state index in [9.17, 15) is 0 Å². The smallest absolute Gasteiger partial charge is 0.0905 e. The highest BCUT2D eigenvalue weighted by Crippen LogP contribution is 2.26. The number of rotatable bonds is 7. The summed E-state index contributed by atoms with van der Waals surface area (Å²) in [6, 6.07) is 15.0. The van der Waals surface area contributed by atoms with Crippen molar-refractivity contribution in [2.45, 2.75) is 26.2 Å². The topological polar surface area (TPSA) is 53.1 Å². The Kier molecular flexibility index (Phi) is 4.99. The zero-order chi connectivity index (χ0) is 14.4. The van der Waals surface area contributed by atoms with Gasteiger partial charge in [0.05, 0.1) is 5.84 Å². The number of hydrogen-bond donors (Lipinski definition) is 2. The fourth-order valence-electron chi connectivity index (χ4n) is 2.55. The van der Waals surface area contributed by atoms with Gasteiger partial charge < -0.3 is 10.6 Å². The largest absolute Gasteiger partial charge is 0.388 e. The zero-order valence-corrected chi connectivity index (χ0v) is 12.1. The molecule has 2 rings (SSSR count). The summed E-state index contributed by atoms with van der Waals surface area (Å²) >= 11 is 0. The summed E-state index contributed by atoms with van der Waals surface area (Å²) in [5.74, 6) is 0.290. The first kappa shape index (κ1) is 14.4. The third-order valence-electron chi connectivity index (χ3n) is 3.61. The van der Waals surface area contributed by atoms with Crippen LogP contribution in [-0.4, -0.2) is 18.9 Å². The van der Waals surface area contributed by atoms with Gasteiger partial charge >= 0.3 is 0 Å². The molecule has 0 saturated heterocycles. The number of nitrogens with zero attached hydrogens (tertiary/aromatic N) is 1. The molecule has 3 nitrogen and oxygen atoms in total. The Hall–Kier alpha value is -2.03. The van der Waals surface area contributed by atoms with Gasteiger partial charge in [-0.1, -0.05) is 36.4 Å². The van der Waals surface area contributed by atoms with E-state index in [1.807, 2.05) is 0 Å². The molecule has 0 amide bonds. The first-order valence-corrected chi connectivity index (χ1v) is 7.28. The fraction of sp³-hybridized carbons (Fsp3) is 0.353. The Morgan fingerprint density at radius 3 is 2.60 bits per heavy atom. The van der Waals surface area contributed by atoms with E-state index in [2.05, 4.69) is 54.3 Å². The molecule has 0 atom stereocenters. The van der Waals surface area contributed by atoms with Crippen molar-refractivity contribution in [1.29, 1.82) is 5.41 Å². The van der Waals surface area contributed by atoms with Crippen molar-refractivity contribution in [3.63, 3.8) is 0 Å². The maximum atomic E-state index is 7.26. The number of fused-ring (bicyclic) bond motifs is 1. The number of nitrogens with two attached hydrogens (primary N) is 1. The molecule has 3 heteroatoms. The minimum atomic E-state index is 0.290. The van der Waals surface area contributed by atoms with Gasteiger partial charge in [-0.15, -0.1) is 0 Å². The van der Waals surface area contributed by atoms with Crippen molar-refractivity contribution in [2.75, 3.05) is 18.0 Å². The predicted molar refractivity (Wildman–Crippen MR) is 87.6 cm³/mol. The van der Waals surface area contributed by atoms with Crippen LogP contribution in [0, 0.1) is 5.41 Å². The Bertz CT molecular complexity index is 572. The quantitative estimate of drug-likeness (QED) is 0.456. The van der Waals surface area contributed by atoms with Crippen molar-refractivity contribution >= 4 is 22.3 Å². The van der Waals surface area contributed by atoms with E-state index in [-0.39, 0.29) is 0 Å². The van der Waals surface area contributed by atoms with E-state index < -0.39 is 0 Å². The van der Waals surface area contributed by atoms with Gasteiger partial charge in [-0.25, -0.2) is 0 Å². The molecule has 0 fully saturated rings. The predicted octanol–water partition coefficient (Wildman–Crippen LogP) is 3.77. The molecule has 0 radical (unpaired) electrons. The summed E-state index contributed by atoms with van der Waals surface area (Å²) < 4.78 is 0. The minimum absolute atomic E-state index is 0.290. The standard InChI is InChI=1S/C17H23N3/c1-2-20(13-6-5-12-17(18)19)16-11-7-9-14-8-3-4-10-15(14)16/h3-4,7-11H,2,5-6,12-13H2,1H3,(H3,18,19). The van der Waals surface area contributed by atoms with Crippen LogP contribution >= 0.6 is 0 Å².